The van der Waals surface area contributed by atoms with Crippen molar-refractivity contribution in [1.82, 2.24) is 14.9 Å². The molecule has 0 unspecified atom stereocenters. The molecule has 3 aromatic rings. The fraction of sp³-hybridized carbons (Fsp3) is 0.435. The molecule has 2 aromatic heterocycles. The van der Waals surface area contributed by atoms with Crippen molar-refractivity contribution >= 4 is 33.3 Å². The molecule has 1 amide bonds. The van der Waals surface area contributed by atoms with Crippen LogP contribution in [-0.4, -0.2) is 47.0 Å². The van der Waals surface area contributed by atoms with E-state index in [1.807, 2.05) is 6.07 Å². The van der Waals surface area contributed by atoms with Crippen LogP contribution in [0.3, 0.4) is 0 Å². The van der Waals surface area contributed by atoms with Crippen LogP contribution < -0.4 is 4.90 Å². The Morgan fingerprint density at radius 3 is 2.48 bits per heavy atom. The maximum Gasteiger partial charge on any atom is 0.225 e. The van der Waals surface area contributed by atoms with Crippen molar-refractivity contribution < 1.29 is 4.79 Å². The first-order chi connectivity index (χ1) is 14.3. The normalized spacial score (nSPS) is 18.3. The summed E-state index contributed by atoms with van der Waals surface area (Å²) in [4.78, 5) is 27.5. The Bertz CT molecular complexity index is 989. The van der Waals surface area contributed by atoms with Crippen LogP contribution in [0.25, 0.3) is 21.3 Å². The second-order valence-electron chi connectivity index (χ2n) is 8.04. The molecule has 4 heterocycles. The predicted molar refractivity (Wildman–Crippen MR) is 118 cm³/mol. The Labute approximate surface area is 175 Å². The number of thiophene rings is 1. The van der Waals surface area contributed by atoms with Gasteiger partial charge in [-0.05, 0) is 37.7 Å². The number of piperidine rings is 2. The number of aromatic nitrogens is 2. The van der Waals surface area contributed by atoms with Crippen LogP contribution in [0.4, 0.5) is 5.82 Å². The first kappa shape index (κ1) is 18.6. The molecular formula is C23H26N4OS. The lowest BCUT2D eigenvalue weighted by atomic mass is 9.94. The zero-order valence-corrected chi connectivity index (χ0v) is 17.4. The molecule has 29 heavy (non-hydrogen) atoms. The first-order valence-electron chi connectivity index (χ1n) is 10.6. The van der Waals surface area contributed by atoms with Crippen molar-refractivity contribution in [3.63, 3.8) is 0 Å². The summed E-state index contributed by atoms with van der Waals surface area (Å²) in [5.74, 6) is 1.55. The van der Waals surface area contributed by atoms with E-state index in [4.69, 9.17) is 0 Å². The Morgan fingerprint density at radius 1 is 0.966 bits per heavy atom. The molecule has 2 fully saturated rings. The molecule has 0 N–H and O–H groups in total. The van der Waals surface area contributed by atoms with E-state index in [9.17, 15) is 4.79 Å². The monoisotopic (exact) mass is 406 g/mol. The molecule has 0 bridgehead atoms. The van der Waals surface area contributed by atoms with Crippen LogP contribution in [0.5, 0.6) is 0 Å². The van der Waals surface area contributed by atoms with Gasteiger partial charge in [-0.15, -0.1) is 11.3 Å². The van der Waals surface area contributed by atoms with Crippen molar-refractivity contribution in [1.29, 1.82) is 0 Å². The van der Waals surface area contributed by atoms with E-state index < -0.39 is 0 Å². The third kappa shape index (κ3) is 3.62. The highest BCUT2D eigenvalue weighted by atomic mass is 32.1. The SMILES string of the molecule is O=C(C1CCN(c2ncnc3scc(-c4ccccc4)c23)CC1)N1CCCCC1. The minimum absolute atomic E-state index is 0.165. The Balaban J connectivity index is 1.37. The highest BCUT2D eigenvalue weighted by Gasteiger charge is 2.30. The van der Waals surface area contributed by atoms with Crippen LogP contribution in [0.2, 0.25) is 0 Å². The molecule has 0 radical (unpaired) electrons. The van der Waals surface area contributed by atoms with Gasteiger partial charge in [0.05, 0.1) is 5.39 Å². The average molecular weight is 407 g/mol. The number of fused-ring (bicyclic) bond motifs is 1. The van der Waals surface area contributed by atoms with Crippen LogP contribution in [0.1, 0.15) is 32.1 Å². The Hall–Kier alpha value is -2.47. The summed E-state index contributed by atoms with van der Waals surface area (Å²) in [6.07, 6.45) is 7.06. The van der Waals surface area contributed by atoms with Crippen molar-refractivity contribution in [2.24, 2.45) is 5.92 Å². The van der Waals surface area contributed by atoms with Gasteiger partial charge in [-0.2, -0.15) is 0 Å². The van der Waals surface area contributed by atoms with Crippen molar-refractivity contribution in [2.75, 3.05) is 31.1 Å². The van der Waals surface area contributed by atoms with E-state index in [0.717, 1.165) is 67.9 Å². The van der Waals surface area contributed by atoms with Crippen LogP contribution in [0.15, 0.2) is 42.0 Å². The fourth-order valence-corrected chi connectivity index (χ4v) is 5.55. The van der Waals surface area contributed by atoms with Gasteiger partial charge in [-0.25, -0.2) is 9.97 Å². The molecule has 150 valence electrons. The molecule has 0 aliphatic carbocycles. The number of carbonyl (C=O) groups is 1. The van der Waals surface area contributed by atoms with E-state index in [0.29, 0.717) is 5.91 Å². The first-order valence-corrected chi connectivity index (χ1v) is 11.5. The quantitative estimate of drug-likeness (QED) is 0.638. The number of hydrogen-bond donors (Lipinski definition) is 0. The number of amides is 1. The van der Waals surface area contributed by atoms with Crippen LogP contribution in [-0.2, 0) is 4.79 Å². The zero-order chi connectivity index (χ0) is 19.6. The number of benzene rings is 1. The topological polar surface area (TPSA) is 49.3 Å². The van der Waals surface area contributed by atoms with Crippen LogP contribution in [0, 0.1) is 5.92 Å². The highest BCUT2D eigenvalue weighted by molar-refractivity contribution is 7.17. The van der Waals surface area contributed by atoms with Gasteiger partial charge in [0, 0.05) is 43.0 Å². The summed E-state index contributed by atoms with van der Waals surface area (Å²) in [6, 6.07) is 10.5. The molecule has 0 spiro atoms. The third-order valence-corrected chi connectivity index (χ3v) is 7.13. The molecule has 2 saturated heterocycles. The summed E-state index contributed by atoms with van der Waals surface area (Å²) in [5, 5.41) is 3.33. The summed E-state index contributed by atoms with van der Waals surface area (Å²) in [7, 11) is 0. The maximum absolute atomic E-state index is 12.9. The number of anilines is 1. The minimum atomic E-state index is 0.165. The van der Waals surface area contributed by atoms with Crippen LogP contribution >= 0.6 is 11.3 Å². The summed E-state index contributed by atoms with van der Waals surface area (Å²) >= 11 is 1.67. The molecule has 6 heteroatoms. The lowest BCUT2D eigenvalue weighted by Gasteiger charge is -2.36. The largest absolute Gasteiger partial charge is 0.356 e. The number of hydrogen-bond acceptors (Lipinski definition) is 5. The highest BCUT2D eigenvalue weighted by Crippen LogP contribution is 2.38. The van der Waals surface area contributed by atoms with Gasteiger partial charge in [0.1, 0.15) is 17.0 Å². The number of rotatable bonds is 3. The van der Waals surface area contributed by atoms with Gasteiger partial charge in [0.15, 0.2) is 0 Å². The lowest BCUT2D eigenvalue weighted by Crippen LogP contribution is -2.44. The van der Waals surface area contributed by atoms with Crippen molar-refractivity contribution in [2.45, 2.75) is 32.1 Å². The second kappa shape index (κ2) is 8.11. The summed E-state index contributed by atoms with van der Waals surface area (Å²) in [5.41, 5.74) is 2.40. The van der Waals surface area contributed by atoms with E-state index in [1.165, 1.54) is 17.5 Å². The van der Waals surface area contributed by atoms with E-state index in [2.05, 4.69) is 49.4 Å². The molecule has 0 atom stereocenters. The van der Waals surface area contributed by atoms with E-state index >= 15 is 0 Å². The standard InChI is InChI=1S/C23H26N4OS/c28-23(27-11-5-2-6-12-27)18-9-13-26(14-10-18)21-20-19(17-7-3-1-4-8-17)15-29-22(20)25-16-24-21/h1,3-4,7-8,15-16,18H,2,5-6,9-14H2. The molecule has 5 rings (SSSR count). The van der Waals surface area contributed by atoms with Gasteiger partial charge in [-0.3, -0.25) is 4.79 Å². The molecule has 2 aliphatic rings. The van der Waals surface area contributed by atoms with Crippen molar-refractivity contribution in [3.8, 4) is 11.1 Å². The zero-order valence-electron chi connectivity index (χ0n) is 16.6. The molecule has 0 saturated carbocycles. The van der Waals surface area contributed by atoms with Gasteiger partial charge >= 0.3 is 0 Å². The maximum atomic E-state index is 12.9. The van der Waals surface area contributed by atoms with Gasteiger partial charge < -0.3 is 9.80 Å². The molecular weight excluding hydrogens is 380 g/mol. The van der Waals surface area contributed by atoms with E-state index in [1.54, 1.807) is 17.7 Å². The Kier molecular flexibility index (Phi) is 5.19. The molecule has 5 nitrogen and oxygen atoms in total. The lowest BCUT2D eigenvalue weighted by molar-refractivity contribution is -0.137. The fourth-order valence-electron chi connectivity index (χ4n) is 4.64. The predicted octanol–water partition coefficient (Wildman–Crippen LogP) is 4.59. The number of likely N-dealkylation sites (tertiary alicyclic amines) is 1. The smallest absolute Gasteiger partial charge is 0.225 e. The average Bonchev–Trinajstić information content (AvgIpc) is 3.24. The summed E-state index contributed by atoms with van der Waals surface area (Å²) in [6.45, 7) is 3.64. The van der Waals surface area contributed by atoms with Gasteiger partial charge in [0.2, 0.25) is 5.91 Å². The molecule has 1 aromatic carbocycles. The minimum Gasteiger partial charge on any atom is -0.356 e. The molecule has 2 aliphatic heterocycles. The second-order valence-corrected chi connectivity index (χ2v) is 8.90. The number of nitrogens with zero attached hydrogens (tertiary/aromatic N) is 4. The summed E-state index contributed by atoms with van der Waals surface area (Å²) < 4.78 is 0. The van der Waals surface area contributed by atoms with Gasteiger partial charge in [-0.1, -0.05) is 30.3 Å². The Morgan fingerprint density at radius 2 is 1.72 bits per heavy atom. The third-order valence-electron chi connectivity index (χ3n) is 6.25. The number of carbonyl (C=O) groups excluding carboxylic acids is 1. The van der Waals surface area contributed by atoms with Crippen molar-refractivity contribution in [3.05, 3.63) is 42.0 Å². The van der Waals surface area contributed by atoms with Gasteiger partial charge in [0.25, 0.3) is 0 Å². The van der Waals surface area contributed by atoms with E-state index in [-0.39, 0.29) is 5.92 Å².